The van der Waals surface area contributed by atoms with Crippen LogP contribution in [0.15, 0.2) is 77.2 Å². The molecule has 1 amide bonds. The van der Waals surface area contributed by atoms with Crippen molar-refractivity contribution < 1.29 is 14.3 Å². The number of nitriles is 1. The number of nitrogens with zero attached hydrogens (tertiary/aromatic N) is 3. The summed E-state index contributed by atoms with van der Waals surface area (Å²) in [5, 5.41) is 12.9. The fraction of sp³-hybridized carbons (Fsp3) is 0.0769. The summed E-state index contributed by atoms with van der Waals surface area (Å²) in [4.78, 5) is 30.5. The van der Waals surface area contributed by atoms with Gasteiger partial charge in [0, 0.05) is 16.9 Å². The highest BCUT2D eigenvalue weighted by atomic mass is 35.5. The maximum absolute atomic E-state index is 13.3. The van der Waals surface area contributed by atoms with E-state index >= 15 is 0 Å². The molecule has 0 saturated carbocycles. The van der Waals surface area contributed by atoms with Crippen molar-refractivity contribution in [1.82, 2.24) is 9.38 Å². The van der Waals surface area contributed by atoms with Crippen LogP contribution in [0.1, 0.15) is 11.1 Å². The minimum atomic E-state index is -0.691. The molecule has 0 radical (unpaired) electrons. The first-order valence-electron chi connectivity index (χ1n) is 10.4. The molecule has 9 heteroatoms. The Labute approximate surface area is 205 Å². The van der Waals surface area contributed by atoms with Crippen molar-refractivity contribution in [3.05, 3.63) is 98.9 Å². The van der Waals surface area contributed by atoms with Crippen LogP contribution in [0.3, 0.4) is 0 Å². The number of hydrogen-bond acceptors (Lipinski definition) is 6. The summed E-state index contributed by atoms with van der Waals surface area (Å²) < 4.78 is 12.3. The van der Waals surface area contributed by atoms with Crippen LogP contribution in [0.4, 0.5) is 5.69 Å². The summed E-state index contributed by atoms with van der Waals surface area (Å²) in [6.45, 7) is 1.82. The molecule has 1 N–H and O–H groups in total. The summed E-state index contributed by atoms with van der Waals surface area (Å²) in [5.41, 5.74) is 0.724. The SMILES string of the molecule is COc1ccc(NC(=O)/C(C#N)=C/c2c(Oc3ccc(Cl)c(C)c3)nc3ccccn3c2=O)cc1. The van der Waals surface area contributed by atoms with Gasteiger partial charge in [-0.2, -0.15) is 10.2 Å². The van der Waals surface area contributed by atoms with E-state index in [0.29, 0.717) is 27.9 Å². The smallest absolute Gasteiger partial charge is 0.269 e. The summed E-state index contributed by atoms with van der Waals surface area (Å²) >= 11 is 6.10. The van der Waals surface area contributed by atoms with Crippen molar-refractivity contribution in [2.75, 3.05) is 12.4 Å². The number of rotatable bonds is 6. The van der Waals surface area contributed by atoms with Crippen LogP contribution >= 0.6 is 11.6 Å². The van der Waals surface area contributed by atoms with E-state index < -0.39 is 11.5 Å². The van der Waals surface area contributed by atoms with Crippen molar-refractivity contribution in [3.8, 4) is 23.4 Å². The number of halogens is 1. The number of aryl methyl sites for hydroxylation is 1. The van der Waals surface area contributed by atoms with Gasteiger partial charge in [-0.25, -0.2) is 0 Å². The van der Waals surface area contributed by atoms with Crippen molar-refractivity contribution in [1.29, 1.82) is 5.26 Å². The van der Waals surface area contributed by atoms with E-state index in [1.165, 1.54) is 17.6 Å². The molecule has 0 saturated heterocycles. The molecule has 0 aliphatic carbocycles. The average Bonchev–Trinajstić information content (AvgIpc) is 2.86. The summed E-state index contributed by atoms with van der Waals surface area (Å²) in [5.74, 6) is 0.278. The quantitative estimate of drug-likeness (QED) is 0.303. The molecule has 0 bridgehead atoms. The van der Waals surface area contributed by atoms with Crippen LogP contribution < -0.4 is 20.3 Å². The van der Waals surface area contributed by atoms with Gasteiger partial charge in [0.05, 0.1) is 7.11 Å². The zero-order valence-electron chi connectivity index (χ0n) is 18.8. The minimum Gasteiger partial charge on any atom is -0.497 e. The number of benzene rings is 2. The van der Waals surface area contributed by atoms with Crippen LogP contribution in [0.25, 0.3) is 11.7 Å². The van der Waals surface area contributed by atoms with E-state index in [1.54, 1.807) is 66.9 Å². The lowest BCUT2D eigenvalue weighted by Gasteiger charge is -2.11. The molecule has 0 spiro atoms. The van der Waals surface area contributed by atoms with Gasteiger partial charge in [0.1, 0.15) is 34.4 Å². The molecule has 0 aliphatic rings. The third-order valence-electron chi connectivity index (χ3n) is 5.08. The van der Waals surface area contributed by atoms with E-state index in [9.17, 15) is 14.9 Å². The number of carbonyl (C=O) groups excluding carboxylic acids is 1. The second-order valence-electron chi connectivity index (χ2n) is 7.43. The Balaban J connectivity index is 1.77. The normalized spacial score (nSPS) is 11.1. The Morgan fingerprint density at radius 1 is 1.14 bits per heavy atom. The van der Waals surface area contributed by atoms with Crippen molar-refractivity contribution in [3.63, 3.8) is 0 Å². The highest BCUT2D eigenvalue weighted by Crippen LogP contribution is 2.27. The zero-order valence-corrected chi connectivity index (χ0v) is 19.5. The molecule has 174 valence electrons. The third-order valence-corrected chi connectivity index (χ3v) is 5.50. The molecule has 0 fully saturated rings. The van der Waals surface area contributed by atoms with Gasteiger partial charge in [0.2, 0.25) is 5.88 Å². The summed E-state index contributed by atoms with van der Waals surface area (Å²) in [6, 6.07) is 18.5. The first-order chi connectivity index (χ1) is 16.9. The largest absolute Gasteiger partial charge is 0.497 e. The first kappa shape index (κ1) is 23.5. The molecule has 4 rings (SSSR count). The van der Waals surface area contributed by atoms with E-state index in [0.717, 1.165) is 5.56 Å². The minimum absolute atomic E-state index is 0.0482. The molecule has 4 aromatic rings. The van der Waals surface area contributed by atoms with Gasteiger partial charge < -0.3 is 14.8 Å². The van der Waals surface area contributed by atoms with Gasteiger partial charge in [0.15, 0.2) is 0 Å². The van der Waals surface area contributed by atoms with Crippen LogP contribution in [0.5, 0.6) is 17.4 Å². The fourth-order valence-corrected chi connectivity index (χ4v) is 3.36. The topological polar surface area (TPSA) is 106 Å². The summed E-state index contributed by atoms with van der Waals surface area (Å²) in [6.07, 6.45) is 2.72. The zero-order chi connectivity index (χ0) is 24.9. The van der Waals surface area contributed by atoms with Gasteiger partial charge in [-0.15, -0.1) is 0 Å². The second kappa shape index (κ2) is 10.1. The van der Waals surface area contributed by atoms with E-state index in [1.807, 2.05) is 13.0 Å². The number of aromatic nitrogens is 2. The van der Waals surface area contributed by atoms with Gasteiger partial charge in [-0.1, -0.05) is 17.7 Å². The fourth-order valence-electron chi connectivity index (χ4n) is 3.24. The molecule has 8 nitrogen and oxygen atoms in total. The predicted octanol–water partition coefficient (Wildman–Crippen LogP) is 5.00. The highest BCUT2D eigenvalue weighted by molar-refractivity contribution is 6.31. The Bertz CT molecular complexity index is 1550. The number of pyridine rings is 1. The number of anilines is 1. The Hall–Kier alpha value is -4.61. The van der Waals surface area contributed by atoms with Gasteiger partial charge in [-0.05, 0) is 73.2 Å². The van der Waals surface area contributed by atoms with E-state index in [4.69, 9.17) is 21.1 Å². The Kier molecular flexibility index (Phi) is 6.81. The number of methoxy groups -OCH3 is 1. The number of nitrogens with one attached hydrogen (secondary N) is 1. The Morgan fingerprint density at radius 3 is 2.57 bits per heavy atom. The molecule has 0 atom stereocenters. The lowest BCUT2D eigenvalue weighted by molar-refractivity contribution is -0.112. The van der Waals surface area contributed by atoms with Crippen LogP contribution in [-0.2, 0) is 4.79 Å². The standard InChI is InChI=1S/C26H19ClN4O4/c1-16-13-20(10-11-22(16)27)35-25-21(26(33)31-12-4-3-5-23(31)30-25)14-17(15-28)24(32)29-18-6-8-19(34-2)9-7-18/h3-14H,1-2H3,(H,29,32)/b17-14+. The molecule has 2 heterocycles. The average molecular weight is 487 g/mol. The second-order valence-corrected chi connectivity index (χ2v) is 7.84. The van der Waals surface area contributed by atoms with E-state index in [-0.39, 0.29) is 17.0 Å². The predicted molar refractivity (Wildman–Crippen MR) is 133 cm³/mol. The van der Waals surface area contributed by atoms with Crippen LogP contribution in [-0.4, -0.2) is 22.4 Å². The van der Waals surface area contributed by atoms with Crippen LogP contribution in [0, 0.1) is 18.3 Å². The van der Waals surface area contributed by atoms with Gasteiger partial charge in [0.25, 0.3) is 11.5 Å². The molecular formula is C26H19ClN4O4. The molecule has 2 aromatic heterocycles. The molecule has 0 unspecified atom stereocenters. The molecule has 2 aromatic carbocycles. The summed E-state index contributed by atoms with van der Waals surface area (Å²) in [7, 11) is 1.53. The van der Waals surface area contributed by atoms with Crippen molar-refractivity contribution in [2.24, 2.45) is 0 Å². The molecular weight excluding hydrogens is 468 g/mol. The maximum Gasteiger partial charge on any atom is 0.269 e. The van der Waals surface area contributed by atoms with Crippen molar-refractivity contribution >= 4 is 34.9 Å². The number of ether oxygens (including phenoxy) is 2. The lowest BCUT2D eigenvalue weighted by Crippen LogP contribution is -2.20. The third kappa shape index (κ3) is 5.16. The number of amides is 1. The highest BCUT2D eigenvalue weighted by Gasteiger charge is 2.18. The lowest BCUT2D eigenvalue weighted by atomic mass is 10.1. The molecule has 35 heavy (non-hydrogen) atoms. The Morgan fingerprint density at radius 2 is 1.89 bits per heavy atom. The van der Waals surface area contributed by atoms with Crippen molar-refractivity contribution in [2.45, 2.75) is 6.92 Å². The monoisotopic (exact) mass is 486 g/mol. The maximum atomic E-state index is 13.3. The first-order valence-corrected chi connectivity index (χ1v) is 10.8. The van der Waals surface area contributed by atoms with Gasteiger partial charge >= 0.3 is 0 Å². The number of hydrogen-bond donors (Lipinski definition) is 1. The van der Waals surface area contributed by atoms with Crippen LogP contribution in [0.2, 0.25) is 5.02 Å². The number of fused-ring (bicyclic) bond motifs is 1. The number of carbonyl (C=O) groups is 1. The van der Waals surface area contributed by atoms with E-state index in [2.05, 4.69) is 10.3 Å². The van der Waals surface area contributed by atoms with Gasteiger partial charge in [-0.3, -0.25) is 14.0 Å². The molecule has 0 aliphatic heterocycles.